The average Bonchev–Trinajstić information content (AvgIpc) is 3.30. The van der Waals surface area contributed by atoms with Crippen molar-refractivity contribution in [3.8, 4) is 0 Å². The zero-order valence-electron chi connectivity index (χ0n) is 17.9. The number of nitrogens with one attached hydrogen (secondary N) is 3. The molecule has 0 saturated heterocycles. The number of hydroxylamine groups is 1. The van der Waals surface area contributed by atoms with Gasteiger partial charge in [-0.1, -0.05) is 36.4 Å². The highest BCUT2D eigenvalue weighted by Crippen LogP contribution is 2.40. The molecule has 2 heterocycles. The van der Waals surface area contributed by atoms with Crippen LogP contribution in [-0.4, -0.2) is 40.5 Å². The van der Waals surface area contributed by atoms with Crippen LogP contribution in [-0.2, 0) is 16.1 Å². The highest BCUT2D eigenvalue weighted by molar-refractivity contribution is 7.12. The van der Waals surface area contributed by atoms with Crippen LogP contribution in [0.3, 0.4) is 0 Å². The van der Waals surface area contributed by atoms with Gasteiger partial charge in [-0.15, -0.1) is 11.3 Å². The second-order valence-corrected chi connectivity index (χ2v) is 8.68. The molecule has 0 radical (unpaired) electrons. The molecule has 2 amide bonds. The summed E-state index contributed by atoms with van der Waals surface area (Å²) in [6.45, 7) is -0.0507. The number of thiophene rings is 1. The predicted molar refractivity (Wildman–Crippen MR) is 127 cm³/mol. The lowest BCUT2D eigenvalue weighted by Crippen LogP contribution is -2.40. The molecule has 0 saturated carbocycles. The first-order valence-electron chi connectivity index (χ1n) is 10.4. The van der Waals surface area contributed by atoms with Crippen LogP contribution < -0.4 is 15.7 Å². The molecule has 34 heavy (non-hydrogen) atoms. The SMILES string of the molecule is N=C(NO)c1cc(CNC(=O)CN2C(=O)c3ccccc3C(CC(=O)O)c3ccccc32)cs1. The van der Waals surface area contributed by atoms with Crippen molar-refractivity contribution in [1.82, 2.24) is 10.8 Å². The summed E-state index contributed by atoms with van der Waals surface area (Å²) in [5, 5.41) is 30.5. The van der Waals surface area contributed by atoms with E-state index in [0.29, 0.717) is 27.3 Å². The molecule has 1 unspecified atom stereocenters. The molecule has 5 N–H and O–H groups in total. The molecule has 4 rings (SSSR count). The third kappa shape index (κ3) is 4.68. The van der Waals surface area contributed by atoms with Crippen molar-refractivity contribution in [3.63, 3.8) is 0 Å². The molecule has 1 aliphatic rings. The van der Waals surface area contributed by atoms with Crippen molar-refractivity contribution in [3.05, 3.63) is 87.1 Å². The monoisotopic (exact) mass is 478 g/mol. The van der Waals surface area contributed by atoms with Crippen molar-refractivity contribution >= 4 is 40.6 Å². The van der Waals surface area contributed by atoms with Gasteiger partial charge in [-0.2, -0.15) is 0 Å². The van der Waals surface area contributed by atoms with Gasteiger partial charge in [0, 0.05) is 23.7 Å². The van der Waals surface area contributed by atoms with Gasteiger partial charge >= 0.3 is 5.97 Å². The summed E-state index contributed by atoms with van der Waals surface area (Å²) in [4.78, 5) is 39.9. The van der Waals surface area contributed by atoms with Gasteiger partial charge in [0.1, 0.15) is 6.54 Å². The quantitative estimate of drug-likeness (QED) is 0.201. The molecule has 1 aromatic heterocycles. The van der Waals surface area contributed by atoms with Crippen LogP contribution in [0.2, 0.25) is 0 Å². The highest BCUT2D eigenvalue weighted by Gasteiger charge is 2.34. The molecule has 2 aromatic carbocycles. The van der Waals surface area contributed by atoms with Crippen LogP contribution >= 0.6 is 11.3 Å². The van der Waals surface area contributed by atoms with Gasteiger partial charge in [0.15, 0.2) is 5.84 Å². The summed E-state index contributed by atoms with van der Waals surface area (Å²) in [6.07, 6.45) is -0.181. The predicted octanol–water partition coefficient (Wildman–Crippen LogP) is 2.94. The number of carboxylic acids is 1. The van der Waals surface area contributed by atoms with E-state index in [4.69, 9.17) is 10.6 Å². The third-order valence-corrected chi connectivity index (χ3v) is 6.59. The minimum atomic E-state index is -0.979. The summed E-state index contributed by atoms with van der Waals surface area (Å²) in [7, 11) is 0. The first-order chi connectivity index (χ1) is 16.4. The Morgan fingerprint density at radius 1 is 1.09 bits per heavy atom. The zero-order valence-corrected chi connectivity index (χ0v) is 18.8. The standard InChI is InChI=1S/C24H22N4O5S/c25-23(27-33)20-9-14(13-34-20)11-26-21(29)12-28-19-8-4-3-6-16(19)18(10-22(30)31)15-5-1-2-7-17(15)24(28)32/h1-9,13,18,33H,10-12H2,(H2,25,27)(H,26,29)(H,30,31). The zero-order chi connectivity index (χ0) is 24.2. The summed E-state index contributed by atoms with van der Waals surface area (Å²) in [6, 6.07) is 15.6. The lowest BCUT2D eigenvalue weighted by Gasteiger charge is -2.23. The van der Waals surface area contributed by atoms with Gasteiger partial charge in [-0.25, -0.2) is 0 Å². The number of fused-ring (bicyclic) bond motifs is 2. The largest absolute Gasteiger partial charge is 0.481 e. The van der Waals surface area contributed by atoms with Crippen LogP contribution in [0.4, 0.5) is 5.69 Å². The van der Waals surface area contributed by atoms with E-state index < -0.39 is 11.9 Å². The van der Waals surface area contributed by atoms with Crippen molar-refractivity contribution in [2.75, 3.05) is 11.4 Å². The Labute approximate surface area is 199 Å². The average molecular weight is 479 g/mol. The Bertz CT molecular complexity index is 1270. The molecule has 0 spiro atoms. The number of carbonyl (C=O) groups excluding carboxylic acids is 2. The maximum atomic E-state index is 13.5. The van der Waals surface area contributed by atoms with Gasteiger partial charge in [0.05, 0.1) is 11.3 Å². The van der Waals surface area contributed by atoms with Crippen LogP contribution in [0.15, 0.2) is 60.0 Å². The van der Waals surface area contributed by atoms with Crippen molar-refractivity contribution < 1.29 is 24.7 Å². The molecule has 174 valence electrons. The number of hydrogen-bond acceptors (Lipinski definition) is 6. The van der Waals surface area contributed by atoms with E-state index in [1.807, 2.05) is 0 Å². The number of carbonyl (C=O) groups is 3. The maximum Gasteiger partial charge on any atom is 0.304 e. The van der Waals surface area contributed by atoms with Crippen LogP contribution in [0.1, 0.15) is 44.3 Å². The van der Waals surface area contributed by atoms with E-state index in [-0.39, 0.29) is 37.2 Å². The summed E-state index contributed by atoms with van der Waals surface area (Å²) in [5.41, 5.74) is 4.71. The second kappa shape index (κ2) is 9.86. The summed E-state index contributed by atoms with van der Waals surface area (Å²) in [5.74, 6) is -2.40. The summed E-state index contributed by atoms with van der Waals surface area (Å²) >= 11 is 1.25. The molecule has 1 atom stereocenters. The molecule has 0 bridgehead atoms. The number of aliphatic carboxylic acids is 1. The number of amidine groups is 1. The number of nitrogens with zero attached hydrogens (tertiary/aromatic N) is 1. The van der Waals surface area contributed by atoms with E-state index in [1.54, 1.807) is 65.5 Å². The van der Waals surface area contributed by atoms with E-state index >= 15 is 0 Å². The fraction of sp³-hybridized carbons (Fsp3) is 0.167. The fourth-order valence-corrected chi connectivity index (χ4v) is 4.86. The molecule has 0 fully saturated rings. The van der Waals surface area contributed by atoms with E-state index in [0.717, 1.165) is 5.56 Å². The molecule has 1 aliphatic heterocycles. The Hall–Kier alpha value is -4.02. The van der Waals surface area contributed by atoms with Gasteiger partial charge in [-0.05, 0) is 40.3 Å². The van der Waals surface area contributed by atoms with Gasteiger partial charge in [0.25, 0.3) is 5.91 Å². The first kappa shape index (κ1) is 23.1. The molecular formula is C24H22N4O5S. The molecule has 10 heteroatoms. The van der Waals surface area contributed by atoms with E-state index in [9.17, 15) is 19.5 Å². The van der Waals surface area contributed by atoms with Crippen LogP contribution in [0, 0.1) is 5.41 Å². The third-order valence-electron chi connectivity index (χ3n) is 5.60. The Morgan fingerprint density at radius 3 is 2.53 bits per heavy atom. The number of hydrogen-bond donors (Lipinski definition) is 5. The second-order valence-electron chi connectivity index (χ2n) is 7.77. The molecule has 9 nitrogen and oxygen atoms in total. The minimum absolute atomic E-state index is 0.135. The normalized spacial score (nSPS) is 14.6. The van der Waals surface area contributed by atoms with Gasteiger partial charge < -0.3 is 10.4 Å². The topological polar surface area (TPSA) is 143 Å². The highest BCUT2D eigenvalue weighted by atomic mass is 32.1. The fourth-order valence-electron chi connectivity index (χ4n) is 4.05. The smallest absolute Gasteiger partial charge is 0.304 e. The Balaban J connectivity index is 1.60. The number of amides is 2. The van der Waals surface area contributed by atoms with E-state index in [1.165, 1.54) is 16.2 Å². The lowest BCUT2D eigenvalue weighted by atomic mass is 9.86. The number of para-hydroxylation sites is 1. The minimum Gasteiger partial charge on any atom is -0.481 e. The van der Waals surface area contributed by atoms with Crippen molar-refractivity contribution in [2.24, 2.45) is 0 Å². The maximum absolute atomic E-state index is 13.5. The summed E-state index contributed by atoms with van der Waals surface area (Å²) < 4.78 is 0. The van der Waals surface area contributed by atoms with E-state index in [2.05, 4.69) is 5.32 Å². The lowest BCUT2D eigenvalue weighted by molar-refractivity contribution is -0.137. The molecular weight excluding hydrogens is 456 g/mol. The van der Waals surface area contributed by atoms with Crippen LogP contribution in [0.5, 0.6) is 0 Å². The molecule has 0 aliphatic carbocycles. The van der Waals surface area contributed by atoms with Crippen molar-refractivity contribution in [1.29, 1.82) is 5.41 Å². The number of anilines is 1. The van der Waals surface area contributed by atoms with Crippen molar-refractivity contribution in [2.45, 2.75) is 18.9 Å². The number of rotatable bonds is 7. The number of carboxylic acid groups (broad SMARTS) is 1. The van der Waals surface area contributed by atoms with Gasteiger partial charge in [0.2, 0.25) is 5.91 Å². The van der Waals surface area contributed by atoms with Gasteiger partial charge in [-0.3, -0.25) is 35.4 Å². The first-order valence-corrected chi connectivity index (χ1v) is 11.3. The Morgan fingerprint density at radius 2 is 1.79 bits per heavy atom. The number of benzene rings is 2. The molecule has 3 aromatic rings. The Kier molecular flexibility index (Phi) is 6.71. The van der Waals surface area contributed by atoms with Crippen LogP contribution in [0.25, 0.3) is 0 Å².